The number of aromatic nitrogens is 2. The molecule has 4 aliphatic rings. The lowest BCUT2D eigenvalue weighted by Gasteiger charge is -2.57. The molecule has 4 aliphatic carbocycles. The molecule has 0 saturated heterocycles. The largest absolute Gasteiger partial charge is 0.307 e. The monoisotopic (exact) mass is 473 g/mol. The summed E-state index contributed by atoms with van der Waals surface area (Å²) in [5, 5.41) is 6.12. The summed E-state index contributed by atoms with van der Waals surface area (Å²) in [5.41, 5.74) is 8.07. The molecule has 3 heteroatoms. The first kappa shape index (κ1) is 19.9. The van der Waals surface area contributed by atoms with Crippen molar-refractivity contribution in [2.24, 2.45) is 24.8 Å². The van der Waals surface area contributed by atoms with E-state index in [2.05, 4.69) is 59.5 Å². The van der Waals surface area contributed by atoms with E-state index >= 15 is 0 Å². The molecule has 4 fully saturated rings. The molecule has 0 unspecified atom stereocenters. The van der Waals surface area contributed by atoms with Gasteiger partial charge in [-0.15, -0.1) is 0 Å². The van der Waals surface area contributed by atoms with E-state index in [4.69, 9.17) is 0 Å². The molecule has 4 bridgehead atoms. The summed E-state index contributed by atoms with van der Waals surface area (Å²) in [7, 11) is 2.17. The first-order valence-corrected chi connectivity index (χ1v) is 13.7. The maximum absolute atomic E-state index is 14.5. The summed E-state index contributed by atoms with van der Waals surface area (Å²) < 4.78 is 19.3. The number of pyridine rings is 2. The lowest BCUT2D eigenvalue weighted by atomic mass is 9.48. The molecule has 10 rings (SSSR count). The average Bonchev–Trinajstić information content (AvgIpc) is 3.17. The van der Waals surface area contributed by atoms with E-state index in [-0.39, 0.29) is 5.82 Å². The number of halogens is 1. The van der Waals surface area contributed by atoms with Gasteiger partial charge in [0.2, 0.25) is 5.52 Å². The van der Waals surface area contributed by atoms with E-state index in [1.165, 1.54) is 76.8 Å². The van der Waals surface area contributed by atoms with Gasteiger partial charge in [-0.2, -0.15) is 0 Å². The maximum Gasteiger partial charge on any atom is 0.224 e. The molecule has 0 amide bonds. The van der Waals surface area contributed by atoms with Gasteiger partial charge in [-0.1, -0.05) is 12.1 Å². The fourth-order valence-corrected chi connectivity index (χ4v) is 9.46. The molecular formula is C33H30FN2+. The Morgan fingerprint density at radius 2 is 1.58 bits per heavy atom. The van der Waals surface area contributed by atoms with Gasteiger partial charge in [-0.05, 0) is 115 Å². The molecule has 2 nitrogen and oxygen atoms in total. The van der Waals surface area contributed by atoms with Gasteiger partial charge >= 0.3 is 0 Å². The molecule has 178 valence electrons. The highest BCUT2D eigenvalue weighted by Gasteiger charge is 2.51. The van der Waals surface area contributed by atoms with Crippen LogP contribution < -0.4 is 4.57 Å². The lowest BCUT2D eigenvalue weighted by molar-refractivity contribution is -0.643. The summed E-state index contributed by atoms with van der Waals surface area (Å²) in [6.45, 7) is 2.21. The Balaban J connectivity index is 1.50. The third kappa shape index (κ3) is 2.31. The number of nitrogens with zero attached hydrogens (tertiary/aromatic N) is 2. The molecular weight excluding hydrogens is 443 g/mol. The molecule has 0 radical (unpaired) electrons. The van der Waals surface area contributed by atoms with Gasteiger partial charge in [0.15, 0.2) is 6.20 Å². The van der Waals surface area contributed by atoms with Crippen molar-refractivity contribution in [3.05, 3.63) is 71.7 Å². The van der Waals surface area contributed by atoms with Crippen molar-refractivity contribution in [3.8, 4) is 0 Å². The third-order valence-corrected chi connectivity index (χ3v) is 10.4. The summed E-state index contributed by atoms with van der Waals surface area (Å²) >= 11 is 0. The molecule has 6 aromatic rings. The Morgan fingerprint density at radius 3 is 2.33 bits per heavy atom. The second kappa shape index (κ2) is 6.37. The van der Waals surface area contributed by atoms with Crippen molar-refractivity contribution in [3.63, 3.8) is 0 Å². The highest BCUT2D eigenvalue weighted by molar-refractivity contribution is 6.25. The number of hydrogen-bond acceptors (Lipinski definition) is 0. The fraction of sp³-hybridized carbons (Fsp3) is 0.364. The summed E-state index contributed by atoms with van der Waals surface area (Å²) in [5.74, 6) is 2.58. The summed E-state index contributed by atoms with van der Waals surface area (Å²) in [6, 6.07) is 17.1. The van der Waals surface area contributed by atoms with Crippen molar-refractivity contribution in [2.45, 2.75) is 50.9 Å². The molecule has 36 heavy (non-hydrogen) atoms. The first-order chi connectivity index (χ1) is 17.5. The molecule has 3 heterocycles. The van der Waals surface area contributed by atoms with Crippen LogP contribution in [-0.2, 0) is 12.5 Å². The highest BCUT2D eigenvalue weighted by atomic mass is 19.1. The van der Waals surface area contributed by atoms with Crippen LogP contribution >= 0.6 is 0 Å². The highest BCUT2D eigenvalue weighted by Crippen LogP contribution is 2.61. The second-order valence-corrected chi connectivity index (χ2v) is 12.6. The second-order valence-electron chi connectivity index (χ2n) is 12.6. The number of hydrogen-bond donors (Lipinski definition) is 0. The smallest absolute Gasteiger partial charge is 0.224 e. The fourth-order valence-electron chi connectivity index (χ4n) is 9.46. The predicted octanol–water partition coefficient (Wildman–Crippen LogP) is 7.73. The van der Waals surface area contributed by atoms with Gasteiger partial charge < -0.3 is 4.40 Å². The molecule has 4 saturated carbocycles. The zero-order chi connectivity index (χ0) is 23.9. The molecule has 0 N–H and O–H groups in total. The van der Waals surface area contributed by atoms with Crippen molar-refractivity contribution < 1.29 is 8.96 Å². The average molecular weight is 474 g/mol. The maximum atomic E-state index is 14.5. The molecule has 3 aromatic carbocycles. The quantitative estimate of drug-likeness (QED) is 0.131. The molecule has 3 aromatic heterocycles. The van der Waals surface area contributed by atoms with Crippen molar-refractivity contribution in [1.29, 1.82) is 0 Å². The van der Waals surface area contributed by atoms with E-state index in [0.29, 0.717) is 5.41 Å². The number of aryl methyl sites for hydroxylation is 2. The third-order valence-electron chi connectivity index (χ3n) is 10.4. The normalized spacial score (nSPS) is 27.6. The number of rotatable bonds is 1. The topological polar surface area (TPSA) is 8.29 Å². The Hall–Kier alpha value is -3.20. The van der Waals surface area contributed by atoms with Gasteiger partial charge in [-0.25, -0.2) is 8.96 Å². The molecule has 0 spiro atoms. The Bertz CT molecular complexity index is 1870. The van der Waals surface area contributed by atoms with Crippen LogP contribution in [0.25, 0.3) is 49.0 Å². The minimum Gasteiger partial charge on any atom is -0.307 e. The SMILES string of the molecule is Cc1ccc2c3cc(F)ccc3n3c4cc(C56CC7CC(CC(C7)C5)C6)cc5cc[n+](C)c(c1c23)c54. The van der Waals surface area contributed by atoms with E-state index in [9.17, 15) is 4.39 Å². The Morgan fingerprint density at radius 1 is 0.833 bits per heavy atom. The van der Waals surface area contributed by atoms with Gasteiger partial charge in [0, 0.05) is 16.8 Å². The van der Waals surface area contributed by atoms with Gasteiger partial charge in [0.05, 0.1) is 27.3 Å². The molecule has 0 atom stereocenters. The minimum absolute atomic E-state index is 0.168. The zero-order valence-electron chi connectivity index (χ0n) is 20.9. The van der Waals surface area contributed by atoms with Crippen LogP contribution in [-0.4, -0.2) is 4.40 Å². The lowest BCUT2D eigenvalue weighted by Crippen LogP contribution is -2.48. The van der Waals surface area contributed by atoms with Gasteiger partial charge in [0.25, 0.3) is 0 Å². The standard InChI is InChI=1S/C33H30FN2/c1-18-3-5-25-26-14-24(34)4-6-27(26)36-28-13-23(33-15-19-9-20(16-33)11-21(10-19)17-33)12-22-7-8-35(2)32(30(22)28)29(18)31(25)36/h3-8,12-14,19-21H,9-11,15-17H2,1-2H3/q+1. The van der Waals surface area contributed by atoms with Crippen LogP contribution in [0.1, 0.15) is 49.7 Å². The predicted molar refractivity (Wildman–Crippen MR) is 144 cm³/mol. The van der Waals surface area contributed by atoms with E-state index in [1.54, 1.807) is 17.7 Å². The summed E-state index contributed by atoms with van der Waals surface area (Å²) in [4.78, 5) is 0. The zero-order valence-corrected chi connectivity index (χ0v) is 20.9. The van der Waals surface area contributed by atoms with Crippen LogP contribution in [0.4, 0.5) is 4.39 Å². The van der Waals surface area contributed by atoms with E-state index in [0.717, 1.165) is 34.0 Å². The Labute approximate surface area is 209 Å². The van der Waals surface area contributed by atoms with Crippen molar-refractivity contribution in [1.82, 2.24) is 4.40 Å². The van der Waals surface area contributed by atoms with E-state index < -0.39 is 0 Å². The number of fused-ring (bicyclic) bond motifs is 5. The van der Waals surface area contributed by atoms with Gasteiger partial charge in [0.1, 0.15) is 12.9 Å². The van der Waals surface area contributed by atoms with Crippen molar-refractivity contribution in [2.75, 3.05) is 0 Å². The molecule has 0 aliphatic heterocycles. The van der Waals surface area contributed by atoms with Crippen LogP contribution in [0.3, 0.4) is 0 Å². The van der Waals surface area contributed by atoms with Crippen molar-refractivity contribution >= 4 is 49.0 Å². The first-order valence-electron chi connectivity index (χ1n) is 13.7. The van der Waals surface area contributed by atoms with Crippen LogP contribution in [0.15, 0.2) is 54.7 Å². The van der Waals surface area contributed by atoms with Crippen LogP contribution in [0.5, 0.6) is 0 Å². The van der Waals surface area contributed by atoms with E-state index in [1.807, 2.05) is 6.07 Å². The number of benzene rings is 3. The van der Waals surface area contributed by atoms with Gasteiger partial charge in [-0.3, -0.25) is 0 Å². The van der Waals surface area contributed by atoms with Crippen LogP contribution in [0.2, 0.25) is 0 Å². The summed E-state index contributed by atoms with van der Waals surface area (Å²) in [6.07, 6.45) is 10.7. The minimum atomic E-state index is -0.168. The Kier molecular flexibility index (Phi) is 3.53. The van der Waals surface area contributed by atoms with Crippen LogP contribution in [0, 0.1) is 30.5 Å².